The normalized spacial score (nSPS) is 19.7. The summed E-state index contributed by atoms with van der Waals surface area (Å²) in [7, 11) is -1.35. The summed E-state index contributed by atoms with van der Waals surface area (Å²) in [6.45, 7) is 0. The van der Waals surface area contributed by atoms with Gasteiger partial charge in [-0.1, -0.05) is 49.2 Å². The molecule has 2 aromatic rings. The molecule has 0 atom stereocenters. The summed E-state index contributed by atoms with van der Waals surface area (Å²) in [5, 5.41) is 3.39. The molecule has 0 aromatic heterocycles. The zero-order valence-corrected chi connectivity index (χ0v) is 18.9. The molecule has 0 saturated heterocycles. The fourth-order valence-corrected chi connectivity index (χ4v) is 11.9. The highest BCUT2D eigenvalue weighted by atomic mass is 127. The zero-order chi connectivity index (χ0) is 17.0. The first kappa shape index (κ1) is 20.3. The molecule has 0 heterocycles. The van der Waals surface area contributed by atoms with E-state index < -0.39 is 7.26 Å². The molecule has 0 N–H and O–H groups in total. The highest BCUT2D eigenvalue weighted by Gasteiger charge is 2.55. The summed E-state index contributed by atoms with van der Waals surface area (Å²) in [4.78, 5) is 0. The topological polar surface area (TPSA) is 0 Å². The van der Waals surface area contributed by atoms with E-state index in [0.717, 1.165) is 11.3 Å². The van der Waals surface area contributed by atoms with Crippen molar-refractivity contribution in [3.05, 3.63) is 60.7 Å². The molecule has 0 amide bonds. The Labute approximate surface area is 177 Å². The van der Waals surface area contributed by atoms with Crippen LogP contribution in [0.15, 0.2) is 60.7 Å². The van der Waals surface area contributed by atoms with Crippen LogP contribution in [0.25, 0.3) is 0 Å². The van der Waals surface area contributed by atoms with E-state index in [0.29, 0.717) is 0 Å². The molecule has 0 bridgehead atoms. The van der Waals surface area contributed by atoms with Crippen molar-refractivity contribution in [1.29, 1.82) is 0 Å². The van der Waals surface area contributed by atoms with E-state index in [1.165, 1.54) is 64.2 Å². The standard InChI is InChI=1S/C24H32P.HI/c1-5-13-21(14-6-1)25(22-15-7-2-8-16-22,23-17-9-3-10-18-23)24-19-11-4-12-20-24;/h1-2,5-8,13-16,23-24H,3-4,9-12,17-20H2;1H/q+1;/p-1. The van der Waals surface area contributed by atoms with E-state index in [4.69, 9.17) is 0 Å². The van der Waals surface area contributed by atoms with Crippen LogP contribution in [0.4, 0.5) is 0 Å². The molecule has 0 unspecified atom stereocenters. The van der Waals surface area contributed by atoms with Gasteiger partial charge in [0.15, 0.2) is 0 Å². The third-order valence-corrected chi connectivity index (χ3v) is 12.3. The molecule has 26 heavy (non-hydrogen) atoms. The second-order valence-electron chi connectivity index (χ2n) is 8.03. The maximum absolute atomic E-state index is 2.48. The SMILES string of the molecule is [I-].c1ccc([P+](c2ccccc2)(C2CCCCC2)C2CCCCC2)cc1. The maximum atomic E-state index is 2.48. The van der Waals surface area contributed by atoms with Gasteiger partial charge in [-0.05, 0) is 75.6 Å². The van der Waals surface area contributed by atoms with Gasteiger partial charge < -0.3 is 24.0 Å². The smallest absolute Gasteiger partial charge is 0.0997 e. The second kappa shape index (κ2) is 9.69. The number of benzene rings is 2. The molecule has 0 spiro atoms. The summed E-state index contributed by atoms with van der Waals surface area (Å²) in [6, 6.07) is 23.5. The van der Waals surface area contributed by atoms with Crippen LogP contribution in [-0.2, 0) is 0 Å². The summed E-state index contributed by atoms with van der Waals surface area (Å²) < 4.78 is 0. The maximum Gasteiger partial charge on any atom is 0.0997 e. The summed E-state index contributed by atoms with van der Waals surface area (Å²) in [6.07, 6.45) is 14.5. The minimum Gasteiger partial charge on any atom is -1.00 e. The lowest BCUT2D eigenvalue weighted by Crippen LogP contribution is -3.00. The van der Waals surface area contributed by atoms with Crippen LogP contribution in [0, 0.1) is 0 Å². The Bertz CT molecular complexity index is 583. The lowest BCUT2D eigenvalue weighted by atomic mass is 9.99. The molecule has 2 aliphatic carbocycles. The van der Waals surface area contributed by atoms with E-state index >= 15 is 0 Å². The monoisotopic (exact) mass is 478 g/mol. The lowest BCUT2D eigenvalue weighted by Gasteiger charge is -2.43. The second-order valence-corrected chi connectivity index (χ2v) is 12.1. The Balaban J connectivity index is 0.00000196. The van der Waals surface area contributed by atoms with Crippen molar-refractivity contribution in [1.82, 2.24) is 0 Å². The van der Waals surface area contributed by atoms with Crippen LogP contribution in [0.3, 0.4) is 0 Å². The molecular formula is C24H32IP. The predicted molar refractivity (Wildman–Crippen MR) is 113 cm³/mol. The Morgan fingerprint density at radius 3 is 1.19 bits per heavy atom. The van der Waals surface area contributed by atoms with Gasteiger partial charge >= 0.3 is 0 Å². The Morgan fingerprint density at radius 2 is 0.846 bits per heavy atom. The molecule has 4 rings (SSSR count). The predicted octanol–water partition coefficient (Wildman–Crippen LogP) is 3.32. The molecule has 140 valence electrons. The van der Waals surface area contributed by atoms with Gasteiger partial charge in [0.1, 0.15) is 0 Å². The van der Waals surface area contributed by atoms with E-state index in [1.807, 2.05) is 0 Å². The quantitative estimate of drug-likeness (QED) is 0.468. The third-order valence-electron chi connectivity index (χ3n) is 6.67. The highest BCUT2D eigenvalue weighted by molar-refractivity contribution is 7.90. The van der Waals surface area contributed by atoms with Crippen molar-refractivity contribution < 1.29 is 24.0 Å². The Kier molecular flexibility index (Phi) is 7.58. The van der Waals surface area contributed by atoms with E-state index in [1.54, 1.807) is 10.6 Å². The minimum atomic E-state index is -1.35. The Hall–Kier alpha value is -0.400. The number of hydrogen-bond donors (Lipinski definition) is 0. The van der Waals surface area contributed by atoms with Crippen molar-refractivity contribution >= 4 is 17.9 Å². The average molecular weight is 478 g/mol. The van der Waals surface area contributed by atoms with E-state index in [-0.39, 0.29) is 24.0 Å². The summed E-state index contributed by atoms with van der Waals surface area (Å²) >= 11 is 0. The third kappa shape index (κ3) is 3.90. The molecular weight excluding hydrogens is 446 g/mol. The van der Waals surface area contributed by atoms with E-state index in [9.17, 15) is 0 Å². The van der Waals surface area contributed by atoms with Crippen molar-refractivity contribution in [2.45, 2.75) is 75.5 Å². The van der Waals surface area contributed by atoms with Crippen LogP contribution < -0.4 is 34.6 Å². The van der Waals surface area contributed by atoms with Gasteiger partial charge in [-0.3, -0.25) is 0 Å². The molecule has 2 heteroatoms. The number of hydrogen-bond acceptors (Lipinski definition) is 0. The minimum absolute atomic E-state index is 0. The molecule has 2 fully saturated rings. The van der Waals surface area contributed by atoms with Gasteiger partial charge in [0, 0.05) is 0 Å². The van der Waals surface area contributed by atoms with Crippen LogP contribution in [-0.4, -0.2) is 11.3 Å². The van der Waals surface area contributed by atoms with E-state index in [2.05, 4.69) is 60.7 Å². The molecule has 0 aliphatic heterocycles. The molecule has 0 nitrogen and oxygen atoms in total. The van der Waals surface area contributed by atoms with Crippen molar-refractivity contribution in [2.75, 3.05) is 0 Å². The fourth-order valence-electron chi connectivity index (χ4n) is 5.62. The van der Waals surface area contributed by atoms with Crippen LogP contribution in [0.2, 0.25) is 0 Å². The lowest BCUT2D eigenvalue weighted by molar-refractivity contribution is -0.00000500. The fraction of sp³-hybridized carbons (Fsp3) is 0.500. The van der Waals surface area contributed by atoms with Crippen LogP contribution in [0.5, 0.6) is 0 Å². The number of halogens is 1. The molecule has 2 aromatic carbocycles. The van der Waals surface area contributed by atoms with Crippen LogP contribution >= 0.6 is 7.26 Å². The molecule has 0 radical (unpaired) electrons. The van der Waals surface area contributed by atoms with Crippen molar-refractivity contribution in [3.8, 4) is 0 Å². The largest absolute Gasteiger partial charge is 1.00 e. The molecule has 2 aliphatic rings. The first-order valence-electron chi connectivity index (χ1n) is 10.4. The zero-order valence-electron chi connectivity index (χ0n) is 15.8. The van der Waals surface area contributed by atoms with Crippen molar-refractivity contribution in [2.24, 2.45) is 0 Å². The van der Waals surface area contributed by atoms with Gasteiger partial charge in [-0.15, -0.1) is 0 Å². The van der Waals surface area contributed by atoms with Gasteiger partial charge in [0.05, 0.1) is 29.2 Å². The summed E-state index contributed by atoms with van der Waals surface area (Å²) in [5.41, 5.74) is 1.82. The number of rotatable bonds is 4. The first-order valence-corrected chi connectivity index (χ1v) is 12.3. The molecule has 2 saturated carbocycles. The van der Waals surface area contributed by atoms with Gasteiger partial charge in [0.25, 0.3) is 0 Å². The summed E-state index contributed by atoms with van der Waals surface area (Å²) in [5.74, 6) is 0. The van der Waals surface area contributed by atoms with Gasteiger partial charge in [-0.2, -0.15) is 0 Å². The first-order chi connectivity index (χ1) is 12.4. The van der Waals surface area contributed by atoms with Crippen LogP contribution in [0.1, 0.15) is 64.2 Å². The van der Waals surface area contributed by atoms with Gasteiger partial charge in [0.2, 0.25) is 0 Å². The average Bonchev–Trinajstić information content (AvgIpc) is 2.72. The highest BCUT2D eigenvalue weighted by Crippen LogP contribution is 2.70. The van der Waals surface area contributed by atoms with Gasteiger partial charge in [-0.25, -0.2) is 0 Å². The Morgan fingerprint density at radius 1 is 0.500 bits per heavy atom. The van der Waals surface area contributed by atoms with Crippen molar-refractivity contribution in [3.63, 3.8) is 0 Å².